The van der Waals surface area contributed by atoms with Gasteiger partial charge in [-0.3, -0.25) is 0 Å². The van der Waals surface area contributed by atoms with Gasteiger partial charge in [0.15, 0.2) is 0 Å². The van der Waals surface area contributed by atoms with Crippen LogP contribution in [0.4, 0.5) is 0 Å². The van der Waals surface area contributed by atoms with Crippen molar-refractivity contribution in [3.8, 4) is 0 Å². The monoisotopic (exact) mass is 412 g/mol. The Morgan fingerprint density at radius 2 is 1.77 bits per heavy atom. The van der Waals surface area contributed by atoms with Gasteiger partial charge in [0.2, 0.25) is 0 Å². The highest BCUT2D eigenvalue weighted by Crippen LogP contribution is 2.66. The summed E-state index contributed by atoms with van der Waals surface area (Å²) in [5, 5.41) is 11.3. The first kappa shape index (κ1) is 22.6. The molecular formula is C29H48O. The van der Waals surface area contributed by atoms with Crippen molar-refractivity contribution in [3.05, 3.63) is 22.8 Å². The number of hydrogen-bond donors (Lipinski definition) is 1. The van der Waals surface area contributed by atoms with Crippen molar-refractivity contribution in [2.75, 3.05) is 0 Å². The van der Waals surface area contributed by atoms with E-state index >= 15 is 0 Å². The molecule has 4 aliphatic carbocycles. The van der Waals surface area contributed by atoms with E-state index < -0.39 is 0 Å². The van der Waals surface area contributed by atoms with Gasteiger partial charge < -0.3 is 5.11 Å². The predicted molar refractivity (Wildman–Crippen MR) is 128 cm³/mol. The third kappa shape index (κ3) is 3.46. The molecule has 0 radical (unpaired) electrons. The molecule has 30 heavy (non-hydrogen) atoms. The van der Waals surface area contributed by atoms with Crippen LogP contribution >= 0.6 is 0 Å². The second kappa shape index (κ2) is 7.79. The lowest BCUT2D eigenvalue weighted by Crippen LogP contribution is -2.44. The summed E-state index contributed by atoms with van der Waals surface area (Å²) in [6.07, 6.45) is 15.2. The van der Waals surface area contributed by atoms with Crippen LogP contribution in [0.25, 0.3) is 0 Å². The maximum Gasteiger partial charge on any atom is 0.0582 e. The van der Waals surface area contributed by atoms with Gasteiger partial charge >= 0.3 is 0 Å². The van der Waals surface area contributed by atoms with Crippen LogP contribution in [0.3, 0.4) is 0 Å². The number of fused-ring (bicyclic) bond motifs is 4. The van der Waals surface area contributed by atoms with Gasteiger partial charge in [-0.2, -0.15) is 0 Å². The first-order valence-electron chi connectivity index (χ1n) is 13.1. The molecule has 0 aliphatic heterocycles. The number of rotatable bonds is 5. The molecule has 170 valence electrons. The lowest BCUT2D eigenvalue weighted by molar-refractivity contribution is 0.0279. The van der Waals surface area contributed by atoms with Crippen molar-refractivity contribution in [1.82, 2.24) is 0 Å². The summed E-state index contributed by atoms with van der Waals surface area (Å²) in [6, 6.07) is 0. The largest absolute Gasteiger partial charge is 0.393 e. The van der Waals surface area contributed by atoms with Crippen molar-refractivity contribution in [2.45, 2.75) is 119 Å². The third-order valence-corrected chi connectivity index (χ3v) is 10.2. The Bertz CT molecular complexity index is 725. The summed E-state index contributed by atoms with van der Waals surface area (Å²) in [5.74, 6) is 2.51. The summed E-state index contributed by atoms with van der Waals surface area (Å²) in [6.45, 7) is 17.2. The quantitative estimate of drug-likeness (QED) is 0.452. The number of hydrogen-bond acceptors (Lipinski definition) is 1. The molecule has 0 amide bonds. The summed E-state index contributed by atoms with van der Waals surface area (Å²) in [4.78, 5) is 0. The fourth-order valence-electron chi connectivity index (χ4n) is 8.86. The molecule has 0 spiro atoms. The van der Waals surface area contributed by atoms with Crippen LogP contribution in [0, 0.1) is 39.9 Å². The molecule has 1 N–H and O–H groups in total. The minimum Gasteiger partial charge on any atom is -0.393 e. The molecule has 2 fully saturated rings. The normalized spacial score (nSPS) is 41.2. The summed E-state index contributed by atoms with van der Waals surface area (Å²) in [5.41, 5.74) is 6.23. The Kier molecular flexibility index (Phi) is 5.87. The Hall–Kier alpha value is -0.560. The lowest BCUT2D eigenvalue weighted by atomic mass is 9.50. The van der Waals surface area contributed by atoms with E-state index in [9.17, 15) is 5.11 Å². The summed E-state index contributed by atoms with van der Waals surface area (Å²) in [7, 11) is 0. The zero-order valence-electron chi connectivity index (χ0n) is 21.0. The second-order valence-corrected chi connectivity index (χ2v) is 13.1. The minimum atomic E-state index is -0.109. The van der Waals surface area contributed by atoms with E-state index in [1.165, 1.54) is 51.4 Å². The molecule has 1 heteroatoms. The van der Waals surface area contributed by atoms with E-state index in [1.54, 1.807) is 16.7 Å². The predicted octanol–water partition coefficient (Wildman–Crippen LogP) is 8.09. The molecule has 0 bridgehead atoms. The maximum atomic E-state index is 11.3. The van der Waals surface area contributed by atoms with Crippen LogP contribution in [-0.2, 0) is 0 Å². The average Bonchev–Trinajstić information content (AvgIpc) is 2.91. The molecule has 0 aromatic rings. The molecular weight excluding hydrogens is 364 g/mol. The van der Waals surface area contributed by atoms with Gasteiger partial charge in [-0.15, -0.1) is 0 Å². The van der Waals surface area contributed by atoms with Gasteiger partial charge in [0.1, 0.15) is 0 Å². The third-order valence-electron chi connectivity index (χ3n) is 10.2. The molecule has 0 unspecified atom stereocenters. The summed E-state index contributed by atoms with van der Waals surface area (Å²) >= 11 is 0. The van der Waals surface area contributed by atoms with Gasteiger partial charge in [-0.1, -0.05) is 96.9 Å². The topological polar surface area (TPSA) is 20.2 Å². The highest BCUT2D eigenvalue weighted by molar-refractivity contribution is 5.45. The van der Waals surface area contributed by atoms with Gasteiger partial charge in [0.05, 0.1) is 6.10 Å². The van der Waals surface area contributed by atoms with E-state index in [0.29, 0.717) is 34.0 Å². The van der Waals surface area contributed by atoms with Crippen molar-refractivity contribution in [3.63, 3.8) is 0 Å². The molecule has 2 saturated carbocycles. The Balaban J connectivity index is 1.60. The van der Waals surface area contributed by atoms with Crippen LogP contribution in [0.15, 0.2) is 22.8 Å². The molecule has 0 saturated heterocycles. The zero-order chi connectivity index (χ0) is 21.9. The van der Waals surface area contributed by atoms with E-state index in [1.807, 2.05) is 0 Å². The minimum absolute atomic E-state index is 0.109. The van der Waals surface area contributed by atoms with Crippen LogP contribution < -0.4 is 0 Å². The molecule has 0 heterocycles. The van der Waals surface area contributed by atoms with Crippen LogP contribution in [0.5, 0.6) is 0 Å². The highest BCUT2D eigenvalue weighted by Gasteiger charge is 2.58. The van der Waals surface area contributed by atoms with Crippen molar-refractivity contribution in [2.24, 2.45) is 39.9 Å². The van der Waals surface area contributed by atoms with Crippen molar-refractivity contribution >= 4 is 0 Å². The molecule has 1 nitrogen and oxygen atoms in total. The Morgan fingerprint density at radius 3 is 2.47 bits per heavy atom. The SMILES string of the molecule is CC(C)CCC[C@@H](C)[C@H]1[C@@H](O)C[C@H]2C3=C(CC[C@]12C)[C@@]1(C)CCCC(C)(C)C1=CC3. The van der Waals surface area contributed by atoms with Crippen molar-refractivity contribution < 1.29 is 5.11 Å². The average molecular weight is 413 g/mol. The Labute approximate surface area is 186 Å². The molecule has 0 aromatic heterocycles. The number of aliphatic hydroxyl groups excluding tert-OH is 1. The first-order valence-corrected chi connectivity index (χ1v) is 13.1. The van der Waals surface area contributed by atoms with Gasteiger partial charge in [0.25, 0.3) is 0 Å². The van der Waals surface area contributed by atoms with Crippen LogP contribution in [0.2, 0.25) is 0 Å². The molecule has 4 rings (SSSR count). The van der Waals surface area contributed by atoms with Gasteiger partial charge in [-0.05, 0) is 73.0 Å². The van der Waals surface area contributed by atoms with Crippen molar-refractivity contribution in [1.29, 1.82) is 0 Å². The van der Waals surface area contributed by atoms with E-state index in [0.717, 1.165) is 18.8 Å². The fraction of sp³-hybridized carbons (Fsp3) is 0.862. The fourth-order valence-corrected chi connectivity index (χ4v) is 8.86. The van der Waals surface area contributed by atoms with Crippen LogP contribution in [-0.4, -0.2) is 11.2 Å². The van der Waals surface area contributed by atoms with Gasteiger partial charge in [-0.25, -0.2) is 0 Å². The van der Waals surface area contributed by atoms with E-state index in [4.69, 9.17) is 0 Å². The highest BCUT2D eigenvalue weighted by atomic mass is 16.3. The second-order valence-electron chi connectivity index (χ2n) is 13.1. The summed E-state index contributed by atoms with van der Waals surface area (Å²) < 4.78 is 0. The smallest absolute Gasteiger partial charge is 0.0582 e. The molecule has 6 atom stereocenters. The number of allylic oxidation sites excluding steroid dienone is 4. The standard InChI is InChI=1S/C29H48O/c1-19(2)10-8-11-20(3)26-24(30)18-23-21-12-13-25-27(4,5)15-9-16-28(25,6)22(21)14-17-29(23,26)7/h13,19-20,23-24,26,30H,8-12,14-18H2,1-7H3/t20-,23+,24+,26+,28-,29+/m1/s1. The maximum absolute atomic E-state index is 11.3. The van der Waals surface area contributed by atoms with Crippen LogP contribution in [0.1, 0.15) is 113 Å². The molecule has 4 aliphatic rings. The lowest BCUT2D eigenvalue weighted by Gasteiger charge is -2.55. The van der Waals surface area contributed by atoms with E-state index in [-0.39, 0.29) is 6.10 Å². The van der Waals surface area contributed by atoms with Gasteiger partial charge in [0, 0.05) is 5.41 Å². The van der Waals surface area contributed by atoms with E-state index in [2.05, 4.69) is 54.5 Å². The zero-order valence-corrected chi connectivity index (χ0v) is 21.0. The molecule has 0 aromatic carbocycles. The Morgan fingerprint density at radius 1 is 1.03 bits per heavy atom. The number of aliphatic hydroxyl groups is 1. The first-order chi connectivity index (χ1) is 14.0.